The molecule has 0 saturated carbocycles. The Morgan fingerprint density at radius 1 is 0.941 bits per heavy atom. The number of rotatable bonds is 8. The Labute approximate surface area is 200 Å². The highest BCUT2D eigenvalue weighted by Crippen LogP contribution is 2.27. The smallest absolute Gasteiger partial charge is 0.196 e. The third-order valence-electron chi connectivity index (χ3n) is 5.22. The van der Waals surface area contributed by atoms with Crippen molar-refractivity contribution in [3.63, 3.8) is 0 Å². The molecule has 9 heteroatoms. The highest BCUT2D eigenvalue weighted by molar-refractivity contribution is 7.98. The van der Waals surface area contributed by atoms with E-state index in [2.05, 4.69) is 15.2 Å². The van der Waals surface area contributed by atoms with Crippen molar-refractivity contribution < 1.29 is 13.9 Å². The summed E-state index contributed by atoms with van der Waals surface area (Å²) in [6.45, 7) is 2.17. The molecule has 0 fully saturated rings. The Morgan fingerprint density at radius 2 is 1.74 bits per heavy atom. The number of pyridine rings is 1. The zero-order chi connectivity index (χ0) is 23.5. The molecule has 0 N–H and O–H groups in total. The molecule has 0 bridgehead atoms. The fourth-order valence-corrected chi connectivity index (χ4v) is 4.39. The maximum absolute atomic E-state index is 14.7. The Kier molecular flexibility index (Phi) is 6.18. The fourth-order valence-electron chi connectivity index (χ4n) is 3.55. The zero-order valence-electron chi connectivity index (χ0n) is 18.7. The first-order valence-corrected chi connectivity index (χ1v) is 11.6. The van der Waals surface area contributed by atoms with Gasteiger partial charge in [0.05, 0.1) is 18.5 Å². The summed E-state index contributed by atoms with van der Waals surface area (Å²) in [5.74, 6) is 2.08. The first kappa shape index (κ1) is 22.0. The van der Waals surface area contributed by atoms with Gasteiger partial charge < -0.3 is 13.9 Å². The number of methoxy groups -OCH3 is 1. The predicted octanol–water partition coefficient (Wildman–Crippen LogP) is 5.24. The average molecular weight is 476 g/mol. The van der Waals surface area contributed by atoms with Crippen LogP contribution in [0.4, 0.5) is 4.39 Å². The molecule has 0 aliphatic rings. The number of benzene rings is 2. The van der Waals surface area contributed by atoms with Crippen LogP contribution < -0.4 is 9.47 Å². The van der Waals surface area contributed by atoms with E-state index < -0.39 is 0 Å². The monoisotopic (exact) mass is 475 g/mol. The van der Waals surface area contributed by atoms with E-state index in [9.17, 15) is 4.39 Å². The summed E-state index contributed by atoms with van der Waals surface area (Å²) in [7, 11) is 1.61. The highest BCUT2D eigenvalue weighted by Gasteiger charge is 2.18. The third-order valence-corrected chi connectivity index (χ3v) is 6.18. The van der Waals surface area contributed by atoms with E-state index in [0.717, 1.165) is 22.7 Å². The summed E-state index contributed by atoms with van der Waals surface area (Å²) in [6, 6.07) is 17.8. The molecule has 3 heterocycles. The maximum atomic E-state index is 14.7. The molecule has 172 valence electrons. The van der Waals surface area contributed by atoms with E-state index in [4.69, 9.17) is 9.47 Å². The van der Waals surface area contributed by atoms with Gasteiger partial charge in [0.1, 0.15) is 29.6 Å². The summed E-state index contributed by atoms with van der Waals surface area (Å²) in [5, 5.41) is 9.19. The zero-order valence-corrected chi connectivity index (χ0v) is 19.5. The van der Waals surface area contributed by atoms with Gasteiger partial charge in [-0.2, -0.15) is 0 Å². The highest BCUT2D eigenvalue weighted by atomic mass is 32.2. The molecule has 3 aromatic heterocycles. The van der Waals surface area contributed by atoms with Crippen molar-refractivity contribution in [2.45, 2.75) is 24.4 Å². The van der Waals surface area contributed by atoms with Crippen molar-refractivity contribution in [2.75, 3.05) is 7.11 Å². The van der Waals surface area contributed by atoms with Gasteiger partial charge in [0, 0.05) is 18.1 Å². The van der Waals surface area contributed by atoms with E-state index >= 15 is 0 Å². The fraction of sp³-hybridized carbons (Fsp3) is 0.160. The SMILES string of the molecule is COc1ccc(OCc2nnc(SCc3cn4cc(C)ccc4n3)n2-c2ccccc2F)cc1. The van der Waals surface area contributed by atoms with Gasteiger partial charge in [-0.1, -0.05) is 30.0 Å². The van der Waals surface area contributed by atoms with Crippen molar-refractivity contribution >= 4 is 17.4 Å². The molecule has 0 saturated heterocycles. The Balaban J connectivity index is 1.40. The second-order valence-electron chi connectivity index (χ2n) is 7.64. The minimum Gasteiger partial charge on any atom is -0.497 e. The van der Waals surface area contributed by atoms with Crippen LogP contribution in [0.25, 0.3) is 11.3 Å². The van der Waals surface area contributed by atoms with Crippen molar-refractivity contribution in [3.05, 3.63) is 96.0 Å². The van der Waals surface area contributed by atoms with Gasteiger partial charge in [0.25, 0.3) is 0 Å². The molecule has 0 spiro atoms. The van der Waals surface area contributed by atoms with Crippen molar-refractivity contribution in [2.24, 2.45) is 0 Å². The number of ether oxygens (including phenoxy) is 2. The molecular formula is C25H22FN5O2S. The number of hydrogen-bond donors (Lipinski definition) is 0. The topological polar surface area (TPSA) is 66.5 Å². The number of aryl methyl sites for hydroxylation is 1. The lowest BCUT2D eigenvalue weighted by Crippen LogP contribution is -2.08. The molecule has 5 rings (SSSR count). The molecule has 0 aliphatic heterocycles. The number of para-hydroxylation sites is 1. The van der Waals surface area contributed by atoms with Gasteiger partial charge in [-0.05, 0) is 55.0 Å². The molecule has 0 unspecified atom stereocenters. The van der Waals surface area contributed by atoms with Crippen LogP contribution in [0.1, 0.15) is 17.1 Å². The molecule has 0 amide bonds. The molecule has 0 atom stereocenters. The van der Waals surface area contributed by atoms with Crippen LogP contribution in [0.3, 0.4) is 0 Å². The van der Waals surface area contributed by atoms with Crippen molar-refractivity contribution in [3.8, 4) is 17.2 Å². The van der Waals surface area contributed by atoms with Gasteiger partial charge in [-0.3, -0.25) is 4.57 Å². The van der Waals surface area contributed by atoms with E-state index in [1.54, 1.807) is 29.9 Å². The minimum atomic E-state index is -0.363. The summed E-state index contributed by atoms with van der Waals surface area (Å²) in [5.41, 5.74) is 3.30. The average Bonchev–Trinajstić information content (AvgIpc) is 3.45. The normalized spacial score (nSPS) is 11.1. The van der Waals surface area contributed by atoms with Gasteiger partial charge in [0.15, 0.2) is 11.0 Å². The van der Waals surface area contributed by atoms with Gasteiger partial charge in [-0.15, -0.1) is 10.2 Å². The first-order valence-electron chi connectivity index (χ1n) is 10.6. The van der Waals surface area contributed by atoms with Crippen LogP contribution in [0, 0.1) is 12.7 Å². The summed E-state index contributed by atoms with van der Waals surface area (Å²) >= 11 is 1.45. The summed E-state index contributed by atoms with van der Waals surface area (Å²) in [6.07, 6.45) is 4.03. The molecular weight excluding hydrogens is 453 g/mol. The number of hydrogen-bond acceptors (Lipinski definition) is 6. The lowest BCUT2D eigenvalue weighted by Gasteiger charge is -2.12. The van der Waals surface area contributed by atoms with Crippen molar-refractivity contribution in [1.82, 2.24) is 24.1 Å². The second kappa shape index (κ2) is 9.56. The van der Waals surface area contributed by atoms with E-state index in [1.807, 2.05) is 60.1 Å². The molecule has 0 radical (unpaired) electrons. The molecule has 7 nitrogen and oxygen atoms in total. The Hall–Kier alpha value is -3.85. The van der Waals surface area contributed by atoms with Gasteiger partial charge >= 0.3 is 0 Å². The van der Waals surface area contributed by atoms with E-state index in [1.165, 1.54) is 17.8 Å². The second-order valence-corrected chi connectivity index (χ2v) is 8.59. The lowest BCUT2D eigenvalue weighted by molar-refractivity contribution is 0.292. The molecule has 5 aromatic rings. The largest absolute Gasteiger partial charge is 0.497 e. The quantitative estimate of drug-likeness (QED) is 0.286. The number of thioether (sulfide) groups is 1. The summed E-state index contributed by atoms with van der Waals surface area (Å²) in [4.78, 5) is 4.66. The van der Waals surface area contributed by atoms with Crippen LogP contribution in [0.15, 0.2) is 78.2 Å². The standard InChI is InChI=1S/C25H22FN5O2S/c1-17-7-12-23-27-18(14-30(23)13-17)16-34-25-29-28-24(31(25)22-6-4-3-5-21(22)26)15-33-20-10-8-19(32-2)9-11-20/h3-14H,15-16H2,1-2H3. The van der Waals surface area contributed by atoms with E-state index in [-0.39, 0.29) is 12.4 Å². The number of aromatic nitrogens is 5. The first-order chi connectivity index (χ1) is 16.6. The predicted molar refractivity (Wildman–Crippen MR) is 128 cm³/mol. The van der Waals surface area contributed by atoms with Crippen molar-refractivity contribution in [1.29, 1.82) is 0 Å². The number of nitrogens with zero attached hydrogens (tertiary/aromatic N) is 5. The van der Waals surface area contributed by atoms with Crippen LogP contribution in [0.2, 0.25) is 0 Å². The van der Waals surface area contributed by atoms with E-state index in [0.29, 0.717) is 28.2 Å². The van der Waals surface area contributed by atoms with Gasteiger partial charge in [0.2, 0.25) is 0 Å². The minimum absolute atomic E-state index is 0.127. The third kappa shape index (κ3) is 4.60. The molecule has 2 aromatic carbocycles. The molecule has 0 aliphatic carbocycles. The summed E-state index contributed by atoms with van der Waals surface area (Å²) < 4.78 is 29.5. The molecule has 34 heavy (non-hydrogen) atoms. The maximum Gasteiger partial charge on any atom is 0.196 e. The van der Waals surface area contributed by atoms with Crippen LogP contribution >= 0.6 is 11.8 Å². The van der Waals surface area contributed by atoms with Crippen LogP contribution in [-0.4, -0.2) is 31.3 Å². The van der Waals surface area contributed by atoms with Crippen LogP contribution in [0.5, 0.6) is 11.5 Å². The van der Waals surface area contributed by atoms with Crippen LogP contribution in [-0.2, 0) is 12.4 Å². The Bertz CT molecular complexity index is 1430. The number of imidazole rings is 1. The lowest BCUT2D eigenvalue weighted by atomic mass is 10.3. The number of fused-ring (bicyclic) bond motifs is 1. The Morgan fingerprint density at radius 3 is 2.53 bits per heavy atom. The van der Waals surface area contributed by atoms with Gasteiger partial charge in [-0.25, -0.2) is 9.37 Å². The number of halogens is 1.